The zero-order valence-corrected chi connectivity index (χ0v) is 16.8. The number of nitrogens with one attached hydrogen (secondary N) is 1. The van der Waals surface area contributed by atoms with Gasteiger partial charge in [0.2, 0.25) is 0 Å². The SMILES string of the molecule is CC(C)Cc1ccccc1/C=C(\C(=N)c1cccc2ccccc12)C(C)C. The van der Waals surface area contributed by atoms with Crippen molar-refractivity contribution < 1.29 is 0 Å². The van der Waals surface area contributed by atoms with Crippen molar-refractivity contribution in [3.63, 3.8) is 0 Å². The van der Waals surface area contributed by atoms with Crippen LogP contribution in [0.15, 0.2) is 72.3 Å². The molecule has 0 amide bonds. The Morgan fingerprint density at radius 3 is 2.26 bits per heavy atom. The van der Waals surface area contributed by atoms with Gasteiger partial charge in [-0.2, -0.15) is 0 Å². The van der Waals surface area contributed by atoms with Crippen LogP contribution >= 0.6 is 0 Å². The Morgan fingerprint density at radius 2 is 1.52 bits per heavy atom. The molecule has 0 saturated heterocycles. The van der Waals surface area contributed by atoms with Crippen LogP contribution in [-0.4, -0.2) is 5.71 Å². The summed E-state index contributed by atoms with van der Waals surface area (Å²) in [6.45, 7) is 8.86. The second-order valence-electron chi connectivity index (χ2n) is 7.95. The van der Waals surface area contributed by atoms with Crippen molar-refractivity contribution in [2.45, 2.75) is 34.1 Å². The molecule has 3 aromatic rings. The van der Waals surface area contributed by atoms with Crippen LogP contribution < -0.4 is 0 Å². The number of hydrogen-bond donors (Lipinski definition) is 1. The number of allylic oxidation sites excluding steroid dienone is 1. The molecule has 0 spiro atoms. The summed E-state index contributed by atoms with van der Waals surface area (Å²) in [6, 6.07) is 23.2. The summed E-state index contributed by atoms with van der Waals surface area (Å²) in [5, 5.41) is 11.3. The molecular weight excluding hydrogens is 326 g/mol. The molecule has 138 valence electrons. The highest BCUT2D eigenvalue weighted by Gasteiger charge is 2.15. The summed E-state index contributed by atoms with van der Waals surface area (Å²) in [4.78, 5) is 0. The predicted octanol–water partition coefficient (Wildman–Crippen LogP) is 7.15. The van der Waals surface area contributed by atoms with Gasteiger partial charge in [0.05, 0.1) is 5.71 Å². The van der Waals surface area contributed by atoms with Gasteiger partial charge in [-0.1, -0.05) is 94.4 Å². The minimum Gasteiger partial charge on any atom is -0.300 e. The third kappa shape index (κ3) is 4.36. The Bertz CT molecular complexity index is 971. The molecule has 3 rings (SSSR count). The van der Waals surface area contributed by atoms with Crippen LogP contribution in [0.2, 0.25) is 0 Å². The first-order valence-electron chi connectivity index (χ1n) is 9.84. The molecule has 0 saturated carbocycles. The Balaban J connectivity index is 2.09. The van der Waals surface area contributed by atoms with E-state index in [4.69, 9.17) is 5.41 Å². The van der Waals surface area contributed by atoms with Crippen molar-refractivity contribution in [2.75, 3.05) is 0 Å². The van der Waals surface area contributed by atoms with Crippen LogP contribution in [0.1, 0.15) is 44.4 Å². The summed E-state index contributed by atoms with van der Waals surface area (Å²) in [7, 11) is 0. The lowest BCUT2D eigenvalue weighted by molar-refractivity contribution is 0.646. The molecule has 0 aliphatic heterocycles. The Hall–Kier alpha value is -2.67. The van der Waals surface area contributed by atoms with Crippen LogP contribution in [0.5, 0.6) is 0 Å². The van der Waals surface area contributed by atoms with E-state index in [-0.39, 0.29) is 5.92 Å². The van der Waals surface area contributed by atoms with E-state index in [1.165, 1.54) is 16.5 Å². The second kappa shape index (κ2) is 8.35. The molecule has 27 heavy (non-hydrogen) atoms. The van der Waals surface area contributed by atoms with Crippen molar-refractivity contribution in [1.29, 1.82) is 5.41 Å². The summed E-state index contributed by atoms with van der Waals surface area (Å²) < 4.78 is 0. The molecule has 0 aromatic heterocycles. The molecule has 0 aliphatic carbocycles. The first kappa shape index (κ1) is 19.1. The molecule has 0 atom stereocenters. The lowest BCUT2D eigenvalue weighted by atomic mass is 9.88. The highest BCUT2D eigenvalue weighted by molar-refractivity contribution is 6.19. The standard InChI is InChI=1S/C26H29N/c1-18(2)16-21-11-5-6-12-22(21)17-25(19(3)4)26(27)24-15-9-13-20-10-7-8-14-23(20)24/h5-15,17-19,27H,16H2,1-4H3/b25-17-,27-26?. The van der Waals surface area contributed by atoms with Gasteiger partial charge in [-0.05, 0) is 51.8 Å². The quantitative estimate of drug-likeness (QED) is 0.454. The van der Waals surface area contributed by atoms with Gasteiger partial charge in [0.15, 0.2) is 0 Å². The summed E-state index contributed by atoms with van der Waals surface area (Å²) in [5.74, 6) is 0.892. The third-order valence-electron chi connectivity index (χ3n) is 4.96. The molecule has 3 aromatic carbocycles. The van der Waals surface area contributed by atoms with Crippen LogP contribution in [0.4, 0.5) is 0 Å². The third-order valence-corrected chi connectivity index (χ3v) is 4.96. The number of rotatable bonds is 6. The second-order valence-corrected chi connectivity index (χ2v) is 7.95. The fourth-order valence-corrected chi connectivity index (χ4v) is 3.59. The van der Waals surface area contributed by atoms with Gasteiger partial charge >= 0.3 is 0 Å². The molecule has 1 heteroatoms. The van der Waals surface area contributed by atoms with E-state index in [2.05, 4.69) is 101 Å². The molecule has 1 nitrogen and oxygen atoms in total. The highest BCUT2D eigenvalue weighted by Crippen LogP contribution is 2.26. The summed E-state index contributed by atoms with van der Waals surface area (Å²) in [6.07, 6.45) is 3.28. The average Bonchev–Trinajstić information content (AvgIpc) is 2.65. The Labute approximate surface area is 163 Å². The molecule has 0 bridgehead atoms. The van der Waals surface area contributed by atoms with Crippen LogP contribution in [0, 0.1) is 17.2 Å². The van der Waals surface area contributed by atoms with Gasteiger partial charge in [0.25, 0.3) is 0 Å². The van der Waals surface area contributed by atoms with E-state index in [0.717, 1.165) is 22.9 Å². The Kier molecular flexibility index (Phi) is 5.91. The van der Waals surface area contributed by atoms with Crippen molar-refractivity contribution >= 4 is 22.6 Å². The molecule has 0 radical (unpaired) electrons. The molecule has 0 fully saturated rings. The summed E-state index contributed by atoms with van der Waals surface area (Å²) >= 11 is 0. The minimum absolute atomic E-state index is 0.281. The monoisotopic (exact) mass is 355 g/mol. The van der Waals surface area contributed by atoms with Crippen molar-refractivity contribution in [3.8, 4) is 0 Å². The van der Waals surface area contributed by atoms with E-state index in [1.54, 1.807) is 0 Å². The topological polar surface area (TPSA) is 23.9 Å². The Morgan fingerprint density at radius 1 is 0.852 bits per heavy atom. The smallest absolute Gasteiger partial charge is 0.0653 e. The summed E-state index contributed by atoms with van der Waals surface area (Å²) in [5.41, 5.74) is 5.31. The predicted molar refractivity (Wildman–Crippen MR) is 119 cm³/mol. The van der Waals surface area contributed by atoms with Crippen LogP contribution in [0.3, 0.4) is 0 Å². The van der Waals surface area contributed by atoms with E-state index in [1.807, 2.05) is 0 Å². The van der Waals surface area contributed by atoms with Gasteiger partial charge in [0.1, 0.15) is 0 Å². The van der Waals surface area contributed by atoms with E-state index in [9.17, 15) is 0 Å². The van der Waals surface area contributed by atoms with E-state index >= 15 is 0 Å². The first-order valence-corrected chi connectivity index (χ1v) is 9.84. The van der Waals surface area contributed by atoms with Gasteiger partial charge in [-0.25, -0.2) is 0 Å². The molecule has 0 unspecified atom stereocenters. The van der Waals surface area contributed by atoms with Gasteiger partial charge in [-0.15, -0.1) is 0 Å². The largest absolute Gasteiger partial charge is 0.300 e. The minimum atomic E-state index is 0.281. The molecule has 1 N–H and O–H groups in total. The van der Waals surface area contributed by atoms with Crippen LogP contribution in [0.25, 0.3) is 16.8 Å². The molecule has 0 aliphatic rings. The maximum atomic E-state index is 8.99. The number of benzene rings is 3. The van der Waals surface area contributed by atoms with Gasteiger partial charge < -0.3 is 0 Å². The highest BCUT2D eigenvalue weighted by atomic mass is 14.4. The maximum Gasteiger partial charge on any atom is 0.0653 e. The van der Waals surface area contributed by atoms with Crippen molar-refractivity contribution in [3.05, 3.63) is 89.0 Å². The van der Waals surface area contributed by atoms with E-state index in [0.29, 0.717) is 11.6 Å². The van der Waals surface area contributed by atoms with Crippen molar-refractivity contribution in [2.24, 2.45) is 11.8 Å². The zero-order chi connectivity index (χ0) is 19.4. The fourth-order valence-electron chi connectivity index (χ4n) is 3.59. The van der Waals surface area contributed by atoms with E-state index < -0.39 is 0 Å². The number of hydrogen-bond acceptors (Lipinski definition) is 1. The maximum absolute atomic E-state index is 8.99. The lowest BCUT2D eigenvalue weighted by Gasteiger charge is -2.17. The van der Waals surface area contributed by atoms with Crippen LogP contribution in [-0.2, 0) is 6.42 Å². The fraction of sp³-hybridized carbons (Fsp3) is 0.269. The zero-order valence-electron chi connectivity index (χ0n) is 16.8. The van der Waals surface area contributed by atoms with Gasteiger partial charge in [-0.3, -0.25) is 5.41 Å². The average molecular weight is 356 g/mol. The lowest BCUT2D eigenvalue weighted by Crippen LogP contribution is -2.10. The van der Waals surface area contributed by atoms with Crippen molar-refractivity contribution in [1.82, 2.24) is 0 Å². The number of fused-ring (bicyclic) bond motifs is 1. The van der Waals surface area contributed by atoms with Gasteiger partial charge in [0, 0.05) is 5.56 Å². The first-order chi connectivity index (χ1) is 13.0. The molecule has 0 heterocycles. The molecular formula is C26H29N. The normalized spacial score (nSPS) is 12.1.